The highest BCUT2D eigenvalue weighted by molar-refractivity contribution is 7.10. The summed E-state index contributed by atoms with van der Waals surface area (Å²) < 4.78 is 13.4. The normalized spacial score (nSPS) is 14.2. The molecule has 2 amide bonds. The molecule has 1 aliphatic heterocycles. The number of hydrogen-bond acceptors (Lipinski definition) is 4. The van der Waals surface area contributed by atoms with Crippen molar-refractivity contribution in [3.63, 3.8) is 0 Å². The monoisotopic (exact) mass is 479 g/mol. The zero-order valence-electron chi connectivity index (χ0n) is 19.5. The maximum Gasteiger partial charge on any atom is 0.254 e. The number of aryl methyl sites for hydroxylation is 1. The van der Waals surface area contributed by atoms with E-state index in [1.165, 1.54) is 12.1 Å². The minimum absolute atomic E-state index is 0.0333. The highest BCUT2D eigenvalue weighted by Crippen LogP contribution is 2.14. The minimum Gasteiger partial charge on any atom is -0.340 e. The van der Waals surface area contributed by atoms with Crippen molar-refractivity contribution in [1.29, 1.82) is 0 Å². The van der Waals surface area contributed by atoms with Crippen LogP contribution in [0.2, 0.25) is 0 Å². The van der Waals surface area contributed by atoms with Crippen LogP contribution in [0.4, 0.5) is 4.39 Å². The van der Waals surface area contributed by atoms with E-state index in [2.05, 4.69) is 4.90 Å². The molecule has 0 atom stereocenters. The Kier molecular flexibility index (Phi) is 8.08. The number of rotatable bonds is 8. The molecule has 2 aromatic carbocycles. The third-order valence-corrected chi connectivity index (χ3v) is 7.07. The Bertz CT molecular complexity index is 1080. The van der Waals surface area contributed by atoms with E-state index in [-0.39, 0.29) is 17.6 Å². The van der Waals surface area contributed by atoms with E-state index >= 15 is 0 Å². The van der Waals surface area contributed by atoms with E-state index in [0.717, 1.165) is 35.6 Å². The summed E-state index contributed by atoms with van der Waals surface area (Å²) in [4.78, 5) is 33.0. The lowest BCUT2D eigenvalue weighted by Gasteiger charge is -2.36. The average Bonchev–Trinajstić information content (AvgIpc) is 3.36. The molecule has 178 valence electrons. The largest absolute Gasteiger partial charge is 0.340 e. The average molecular weight is 480 g/mol. The SMILES string of the molecule is Cc1ccc(C(=O)N(CCN2CCN(C(=O)Cc3cccs3)CC2)Cc2ccc(F)cc2)cc1. The first-order chi connectivity index (χ1) is 16.5. The maximum atomic E-state index is 13.4. The number of thiophene rings is 1. The van der Waals surface area contributed by atoms with Gasteiger partial charge in [0, 0.05) is 56.3 Å². The molecule has 1 saturated heterocycles. The molecule has 0 spiro atoms. The first-order valence-electron chi connectivity index (χ1n) is 11.6. The fraction of sp³-hybridized carbons (Fsp3) is 0.333. The Balaban J connectivity index is 1.34. The van der Waals surface area contributed by atoms with Gasteiger partial charge in [0.25, 0.3) is 5.91 Å². The van der Waals surface area contributed by atoms with Gasteiger partial charge in [0.2, 0.25) is 5.91 Å². The molecule has 0 aliphatic carbocycles. The van der Waals surface area contributed by atoms with Gasteiger partial charge in [-0.2, -0.15) is 0 Å². The van der Waals surface area contributed by atoms with Crippen LogP contribution in [0.3, 0.4) is 0 Å². The lowest BCUT2D eigenvalue weighted by atomic mass is 10.1. The van der Waals surface area contributed by atoms with Crippen LogP contribution in [0, 0.1) is 12.7 Å². The summed E-state index contributed by atoms with van der Waals surface area (Å²) in [6, 6.07) is 17.9. The number of nitrogens with zero attached hydrogens (tertiary/aromatic N) is 3. The molecule has 1 aliphatic rings. The second kappa shape index (κ2) is 11.4. The Morgan fingerprint density at radius 1 is 0.971 bits per heavy atom. The van der Waals surface area contributed by atoms with E-state index in [4.69, 9.17) is 0 Å². The first kappa shape index (κ1) is 24.1. The van der Waals surface area contributed by atoms with Crippen LogP contribution in [0.25, 0.3) is 0 Å². The minimum atomic E-state index is -0.286. The number of benzene rings is 2. The molecule has 0 radical (unpaired) electrons. The van der Waals surface area contributed by atoms with Crippen molar-refractivity contribution < 1.29 is 14.0 Å². The standard InChI is InChI=1S/C27H30FN3O2S/c1-21-4-8-23(9-5-21)27(33)31(20-22-6-10-24(28)11-7-22)17-14-29-12-15-30(16-13-29)26(32)19-25-3-2-18-34-25/h2-11,18H,12-17,19-20H2,1H3. The second-order valence-corrected chi connectivity index (χ2v) is 9.73. The van der Waals surface area contributed by atoms with Crippen LogP contribution in [0.5, 0.6) is 0 Å². The van der Waals surface area contributed by atoms with Crippen molar-refractivity contribution >= 4 is 23.2 Å². The van der Waals surface area contributed by atoms with E-state index in [0.29, 0.717) is 38.2 Å². The summed E-state index contributed by atoms with van der Waals surface area (Å²) in [5.74, 6) is -0.143. The molecule has 4 rings (SSSR count). The smallest absolute Gasteiger partial charge is 0.254 e. The molecule has 2 heterocycles. The van der Waals surface area contributed by atoms with Gasteiger partial charge in [-0.3, -0.25) is 14.5 Å². The molecule has 34 heavy (non-hydrogen) atoms. The zero-order chi connectivity index (χ0) is 23.9. The lowest BCUT2D eigenvalue weighted by molar-refractivity contribution is -0.132. The van der Waals surface area contributed by atoms with Crippen LogP contribution < -0.4 is 0 Å². The van der Waals surface area contributed by atoms with Gasteiger partial charge in [-0.25, -0.2) is 4.39 Å². The fourth-order valence-corrected chi connectivity index (χ4v) is 4.79. The molecular formula is C27H30FN3O2S. The number of amides is 2. The van der Waals surface area contributed by atoms with E-state index in [1.807, 2.05) is 58.5 Å². The molecule has 5 nitrogen and oxygen atoms in total. The Morgan fingerprint density at radius 2 is 1.68 bits per heavy atom. The van der Waals surface area contributed by atoms with E-state index < -0.39 is 0 Å². The summed E-state index contributed by atoms with van der Waals surface area (Å²) in [6.45, 7) is 6.70. The highest BCUT2D eigenvalue weighted by atomic mass is 32.1. The van der Waals surface area contributed by atoms with E-state index in [9.17, 15) is 14.0 Å². The Hall–Kier alpha value is -3.03. The van der Waals surface area contributed by atoms with Crippen molar-refractivity contribution in [3.05, 3.63) is 93.4 Å². The predicted octanol–water partition coefficient (Wildman–Crippen LogP) is 4.22. The Labute approximate surface area is 204 Å². The summed E-state index contributed by atoms with van der Waals surface area (Å²) in [5.41, 5.74) is 2.65. The number of carbonyl (C=O) groups excluding carboxylic acids is 2. The van der Waals surface area contributed by atoms with Crippen LogP contribution in [0.15, 0.2) is 66.0 Å². The van der Waals surface area contributed by atoms with Gasteiger partial charge in [0.1, 0.15) is 5.82 Å². The third-order valence-electron chi connectivity index (χ3n) is 6.19. The van der Waals surface area contributed by atoms with Gasteiger partial charge in [-0.05, 0) is 48.2 Å². The van der Waals surface area contributed by atoms with Gasteiger partial charge < -0.3 is 9.80 Å². The highest BCUT2D eigenvalue weighted by Gasteiger charge is 2.23. The van der Waals surface area contributed by atoms with Crippen molar-refractivity contribution in [2.45, 2.75) is 19.9 Å². The predicted molar refractivity (Wildman–Crippen MR) is 133 cm³/mol. The van der Waals surface area contributed by atoms with E-state index in [1.54, 1.807) is 23.5 Å². The van der Waals surface area contributed by atoms with Crippen molar-refractivity contribution in [3.8, 4) is 0 Å². The zero-order valence-corrected chi connectivity index (χ0v) is 20.3. The number of halogens is 1. The molecule has 7 heteroatoms. The molecular weight excluding hydrogens is 449 g/mol. The number of hydrogen-bond donors (Lipinski definition) is 0. The summed E-state index contributed by atoms with van der Waals surface area (Å²) in [5, 5.41) is 2.00. The maximum absolute atomic E-state index is 13.4. The van der Waals surface area contributed by atoms with Crippen LogP contribution in [0.1, 0.15) is 26.4 Å². The molecule has 0 saturated carbocycles. The van der Waals surface area contributed by atoms with Gasteiger partial charge in [-0.15, -0.1) is 11.3 Å². The lowest BCUT2D eigenvalue weighted by Crippen LogP contribution is -2.50. The molecule has 1 aromatic heterocycles. The van der Waals surface area contributed by atoms with Crippen LogP contribution in [-0.4, -0.2) is 65.8 Å². The van der Waals surface area contributed by atoms with Gasteiger partial charge in [0.15, 0.2) is 0 Å². The Morgan fingerprint density at radius 3 is 2.32 bits per heavy atom. The van der Waals surface area contributed by atoms with Gasteiger partial charge in [0.05, 0.1) is 6.42 Å². The van der Waals surface area contributed by atoms with Crippen molar-refractivity contribution in [1.82, 2.24) is 14.7 Å². The topological polar surface area (TPSA) is 43.9 Å². The fourth-order valence-electron chi connectivity index (χ4n) is 4.10. The number of carbonyl (C=O) groups is 2. The van der Waals surface area contributed by atoms with Crippen molar-refractivity contribution in [2.24, 2.45) is 0 Å². The quantitative estimate of drug-likeness (QED) is 0.486. The number of piperazine rings is 1. The van der Waals surface area contributed by atoms with Crippen LogP contribution >= 0.6 is 11.3 Å². The van der Waals surface area contributed by atoms with Gasteiger partial charge in [-0.1, -0.05) is 35.9 Å². The molecule has 0 N–H and O–H groups in total. The molecule has 0 bridgehead atoms. The summed E-state index contributed by atoms with van der Waals surface area (Å²) in [7, 11) is 0. The first-order valence-corrected chi connectivity index (χ1v) is 12.5. The molecule has 1 fully saturated rings. The van der Waals surface area contributed by atoms with Crippen molar-refractivity contribution in [2.75, 3.05) is 39.3 Å². The summed E-state index contributed by atoms with van der Waals surface area (Å²) in [6.07, 6.45) is 0.466. The third kappa shape index (κ3) is 6.52. The second-order valence-electron chi connectivity index (χ2n) is 8.70. The molecule has 0 unspecified atom stereocenters. The summed E-state index contributed by atoms with van der Waals surface area (Å²) >= 11 is 1.61. The molecule has 3 aromatic rings. The van der Waals surface area contributed by atoms with Gasteiger partial charge >= 0.3 is 0 Å². The van der Waals surface area contributed by atoms with Crippen LogP contribution in [-0.2, 0) is 17.8 Å².